The van der Waals surface area contributed by atoms with Crippen LogP contribution in [-0.4, -0.2) is 22.8 Å². The van der Waals surface area contributed by atoms with Crippen molar-refractivity contribution in [3.8, 4) is 0 Å². The molecule has 0 unspecified atom stereocenters. The predicted molar refractivity (Wildman–Crippen MR) is 75.4 cm³/mol. The number of Topliss-reactive ketones (excluding diaryl/α,β-unsaturated/α-hetero) is 1. The molecule has 0 fully saturated rings. The molecule has 5 heteroatoms. The Kier molecular flexibility index (Phi) is 3.02. The van der Waals surface area contributed by atoms with Gasteiger partial charge in [0.15, 0.2) is 0 Å². The van der Waals surface area contributed by atoms with Crippen molar-refractivity contribution in [1.82, 2.24) is 0 Å². The van der Waals surface area contributed by atoms with E-state index in [-0.39, 0.29) is 0 Å². The summed E-state index contributed by atoms with van der Waals surface area (Å²) in [6, 6.07) is 15.6. The molecule has 0 aromatic heterocycles. The van der Waals surface area contributed by atoms with Crippen LogP contribution in [0.5, 0.6) is 0 Å². The summed E-state index contributed by atoms with van der Waals surface area (Å²) < 4.78 is 0. The minimum atomic E-state index is -1.60. The lowest BCUT2D eigenvalue weighted by Crippen LogP contribution is -2.31. The largest absolute Gasteiger partial charge is 0.475 e. The second-order valence-corrected chi connectivity index (χ2v) is 4.67. The second-order valence-electron chi connectivity index (χ2n) is 4.67. The molecular weight excluding hydrogens is 270 g/mol. The Morgan fingerprint density at radius 3 is 2.24 bits per heavy atom. The molecule has 0 saturated heterocycles. The standard InChI is InChI=1S/C16H11NO4/c18-14(16(20)21)13-11-8-4-5-9-12(11)17(15(13)19)10-6-2-1-3-7-10/h1-9,13H,(H,20,21)/t13-/m1/s1. The number of ketones is 1. The number of anilines is 2. The van der Waals surface area contributed by atoms with E-state index < -0.39 is 23.6 Å². The number of fused-ring (bicyclic) bond motifs is 1. The SMILES string of the molecule is O=C(O)C(=O)[C@@H]1C(=O)N(c2ccccc2)c2ccccc21. The highest BCUT2D eigenvalue weighted by molar-refractivity contribution is 6.42. The van der Waals surface area contributed by atoms with E-state index in [1.807, 2.05) is 6.07 Å². The quantitative estimate of drug-likeness (QED) is 0.690. The summed E-state index contributed by atoms with van der Waals surface area (Å²) in [4.78, 5) is 36.8. The van der Waals surface area contributed by atoms with E-state index in [1.165, 1.54) is 4.90 Å². The van der Waals surface area contributed by atoms with Crippen LogP contribution in [-0.2, 0) is 14.4 Å². The van der Waals surface area contributed by atoms with E-state index in [4.69, 9.17) is 5.11 Å². The predicted octanol–water partition coefficient (Wildman–Crippen LogP) is 2.10. The lowest BCUT2D eigenvalue weighted by atomic mass is 9.96. The summed E-state index contributed by atoms with van der Waals surface area (Å²) in [5, 5.41) is 8.92. The average Bonchev–Trinajstić information content (AvgIpc) is 2.79. The molecule has 3 rings (SSSR count). The Morgan fingerprint density at radius 2 is 1.57 bits per heavy atom. The number of hydrogen-bond acceptors (Lipinski definition) is 3. The monoisotopic (exact) mass is 281 g/mol. The third-order valence-corrected chi connectivity index (χ3v) is 3.44. The van der Waals surface area contributed by atoms with E-state index in [0.29, 0.717) is 16.9 Å². The molecule has 0 saturated carbocycles. The van der Waals surface area contributed by atoms with Gasteiger partial charge >= 0.3 is 5.97 Å². The van der Waals surface area contributed by atoms with Gasteiger partial charge in [0, 0.05) is 5.69 Å². The number of hydrogen-bond donors (Lipinski definition) is 1. The molecular formula is C16H11NO4. The van der Waals surface area contributed by atoms with Crippen LogP contribution in [0.3, 0.4) is 0 Å². The second kappa shape index (κ2) is 4.86. The topological polar surface area (TPSA) is 74.7 Å². The summed E-state index contributed by atoms with van der Waals surface area (Å²) in [6.07, 6.45) is 0. The lowest BCUT2D eigenvalue weighted by molar-refractivity contribution is -0.151. The molecule has 2 aromatic carbocycles. The fourth-order valence-corrected chi connectivity index (χ4v) is 2.54. The van der Waals surface area contributed by atoms with Gasteiger partial charge in [-0.3, -0.25) is 14.5 Å². The minimum Gasteiger partial charge on any atom is -0.475 e. The smallest absolute Gasteiger partial charge is 0.373 e. The number of amides is 1. The van der Waals surface area contributed by atoms with Crippen LogP contribution in [0.4, 0.5) is 11.4 Å². The van der Waals surface area contributed by atoms with Crippen LogP contribution < -0.4 is 4.90 Å². The maximum atomic E-state index is 12.6. The van der Waals surface area contributed by atoms with Gasteiger partial charge in [0.05, 0.1) is 5.69 Å². The van der Waals surface area contributed by atoms with Crippen molar-refractivity contribution in [1.29, 1.82) is 0 Å². The van der Waals surface area contributed by atoms with Gasteiger partial charge in [-0.05, 0) is 23.8 Å². The number of carbonyl (C=O) groups is 3. The van der Waals surface area contributed by atoms with Gasteiger partial charge in [-0.2, -0.15) is 0 Å². The Morgan fingerprint density at radius 1 is 0.952 bits per heavy atom. The number of benzene rings is 2. The molecule has 1 N–H and O–H groups in total. The van der Waals surface area contributed by atoms with Gasteiger partial charge in [0.25, 0.3) is 5.78 Å². The van der Waals surface area contributed by atoms with Crippen LogP contribution in [0.15, 0.2) is 54.6 Å². The van der Waals surface area contributed by atoms with E-state index in [9.17, 15) is 14.4 Å². The Hall–Kier alpha value is -2.95. The van der Waals surface area contributed by atoms with E-state index >= 15 is 0 Å². The fraction of sp³-hybridized carbons (Fsp3) is 0.0625. The number of nitrogens with zero attached hydrogens (tertiary/aromatic N) is 1. The summed E-state index contributed by atoms with van der Waals surface area (Å²) in [6.45, 7) is 0. The summed E-state index contributed by atoms with van der Waals surface area (Å²) in [7, 11) is 0. The highest BCUT2D eigenvalue weighted by Gasteiger charge is 2.44. The van der Waals surface area contributed by atoms with Gasteiger partial charge in [-0.15, -0.1) is 0 Å². The Bertz CT molecular complexity index is 739. The number of carboxylic acids is 1. The van der Waals surface area contributed by atoms with Gasteiger partial charge in [0.2, 0.25) is 5.91 Å². The van der Waals surface area contributed by atoms with Crippen molar-refractivity contribution in [2.24, 2.45) is 0 Å². The molecule has 0 spiro atoms. The number of para-hydroxylation sites is 2. The average molecular weight is 281 g/mol. The molecule has 104 valence electrons. The fourth-order valence-electron chi connectivity index (χ4n) is 2.54. The van der Waals surface area contributed by atoms with E-state index in [0.717, 1.165) is 0 Å². The van der Waals surface area contributed by atoms with Crippen LogP contribution >= 0.6 is 0 Å². The molecule has 0 aliphatic carbocycles. The molecule has 2 aromatic rings. The highest BCUT2D eigenvalue weighted by Crippen LogP contribution is 2.42. The third kappa shape index (κ3) is 1.99. The zero-order valence-corrected chi connectivity index (χ0v) is 10.9. The van der Waals surface area contributed by atoms with Crippen molar-refractivity contribution in [3.05, 3.63) is 60.2 Å². The number of carboxylic acid groups (broad SMARTS) is 1. The molecule has 5 nitrogen and oxygen atoms in total. The zero-order valence-electron chi connectivity index (χ0n) is 10.9. The normalized spacial score (nSPS) is 16.7. The Labute approximate surface area is 120 Å². The van der Waals surface area contributed by atoms with Crippen LogP contribution in [0.25, 0.3) is 0 Å². The maximum Gasteiger partial charge on any atom is 0.373 e. The summed E-state index contributed by atoms with van der Waals surface area (Å²) in [5.74, 6) is -4.52. The van der Waals surface area contributed by atoms with E-state index in [2.05, 4.69) is 0 Å². The third-order valence-electron chi connectivity index (χ3n) is 3.44. The first-order valence-corrected chi connectivity index (χ1v) is 6.36. The summed E-state index contributed by atoms with van der Waals surface area (Å²) >= 11 is 0. The highest BCUT2D eigenvalue weighted by atomic mass is 16.4. The maximum absolute atomic E-state index is 12.6. The Balaban J connectivity index is 2.15. The molecule has 1 atom stereocenters. The van der Waals surface area contributed by atoms with Crippen LogP contribution in [0.2, 0.25) is 0 Å². The molecule has 1 aliphatic rings. The van der Waals surface area contributed by atoms with Crippen LogP contribution in [0, 0.1) is 0 Å². The minimum absolute atomic E-state index is 0.429. The van der Waals surface area contributed by atoms with Gasteiger partial charge in [0.1, 0.15) is 5.92 Å². The van der Waals surface area contributed by atoms with Crippen molar-refractivity contribution >= 4 is 29.0 Å². The molecule has 21 heavy (non-hydrogen) atoms. The van der Waals surface area contributed by atoms with Crippen LogP contribution in [0.1, 0.15) is 11.5 Å². The van der Waals surface area contributed by atoms with Crippen molar-refractivity contribution in [3.63, 3.8) is 0 Å². The van der Waals surface area contributed by atoms with E-state index in [1.54, 1.807) is 48.5 Å². The molecule has 1 amide bonds. The molecule has 0 bridgehead atoms. The number of carbonyl (C=O) groups excluding carboxylic acids is 2. The molecule has 0 radical (unpaired) electrons. The van der Waals surface area contributed by atoms with Gasteiger partial charge < -0.3 is 5.11 Å². The first kappa shape index (κ1) is 13.1. The number of rotatable bonds is 3. The zero-order chi connectivity index (χ0) is 15.0. The van der Waals surface area contributed by atoms with Crippen molar-refractivity contribution < 1.29 is 19.5 Å². The molecule has 1 heterocycles. The lowest BCUT2D eigenvalue weighted by Gasteiger charge is -2.17. The first-order chi connectivity index (χ1) is 10.1. The number of aliphatic carboxylic acids is 1. The van der Waals surface area contributed by atoms with Gasteiger partial charge in [-0.1, -0.05) is 36.4 Å². The summed E-state index contributed by atoms with van der Waals surface area (Å²) in [5.41, 5.74) is 1.59. The van der Waals surface area contributed by atoms with Crippen molar-refractivity contribution in [2.75, 3.05) is 4.90 Å². The van der Waals surface area contributed by atoms with Crippen molar-refractivity contribution in [2.45, 2.75) is 5.92 Å². The first-order valence-electron chi connectivity index (χ1n) is 6.36. The molecule has 1 aliphatic heterocycles. The van der Waals surface area contributed by atoms with Gasteiger partial charge in [-0.25, -0.2) is 4.79 Å².